The summed E-state index contributed by atoms with van der Waals surface area (Å²) >= 11 is 0. The second-order valence-corrected chi connectivity index (χ2v) is 6.12. The lowest BCUT2D eigenvalue weighted by molar-refractivity contribution is -0.116. The Kier molecular flexibility index (Phi) is 4.09. The van der Waals surface area contributed by atoms with Crippen molar-refractivity contribution in [2.45, 2.75) is 27.3 Å². The number of hydrogen-bond acceptors (Lipinski definition) is 2. The fourth-order valence-electron chi connectivity index (χ4n) is 3.18. The third-order valence-electron chi connectivity index (χ3n) is 4.16. The molecule has 1 aromatic heterocycles. The Hall–Kier alpha value is -3.06. The molecule has 0 unspecified atom stereocenters. The molecule has 0 aliphatic rings. The summed E-state index contributed by atoms with van der Waals surface area (Å²) < 4.78 is 1.82. The summed E-state index contributed by atoms with van der Waals surface area (Å²) in [6.07, 6.45) is 1.74. The molecule has 120 valence electrons. The molecule has 3 aromatic rings. The molecular formula is C20H19N3O. The monoisotopic (exact) mass is 317 g/mol. The number of nitrogens with zero attached hydrogens (tertiary/aromatic N) is 2. The van der Waals surface area contributed by atoms with E-state index in [-0.39, 0.29) is 12.5 Å². The minimum atomic E-state index is -0.102. The van der Waals surface area contributed by atoms with Crippen LogP contribution in [0.3, 0.4) is 0 Å². The molecule has 4 nitrogen and oxygen atoms in total. The second-order valence-electron chi connectivity index (χ2n) is 6.12. The number of aromatic nitrogens is 1. The Bertz CT molecular complexity index is 953. The number of fused-ring (bicyclic) bond motifs is 1. The zero-order valence-corrected chi connectivity index (χ0v) is 14.1. The van der Waals surface area contributed by atoms with Crippen LogP contribution in [-0.4, -0.2) is 10.5 Å². The third kappa shape index (κ3) is 2.89. The van der Waals surface area contributed by atoms with Crippen LogP contribution in [0.1, 0.15) is 22.3 Å². The molecule has 4 heteroatoms. The number of anilines is 1. The smallest absolute Gasteiger partial charge is 0.244 e. The fourth-order valence-corrected chi connectivity index (χ4v) is 3.18. The van der Waals surface area contributed by atoms with Crippen LogP contribution >= 0.6 is 0 Å². The van der Waals surface area contributed by atoms with Crippen LogP contribution in [-0.2, 0) is 11.3 Å². The quantitative estimate of drug-likeness (QED) is 0.791. The molecule has 1 amide bonds. The lowest BCUT2D eigenvalue weighted by atomic mass is 10.1. The predicted octanol–water partition coefficient (Wildman–Crippen LogP) is 4.08. The summed E-state index contributed by atoms with van der Waals surface area (Å²) in [4.78, 5) is 12.5. The van der Waals surface area contributed by atoms with Crippen molar-refractivity contribution in [3.05, 3.63) is 64.8 Å². The lowest BCUT2D eigenvalue weighted by Gasteiger charge is -2.13. The van der Waals surface area contributed by atoms with Crippen molar-refractivity contribution in [1.82, 2.24) is 4.57 Å². The van der Waals surface area contributed by atoms with Gasteiger partial charge in [-0.2, -0.15) is 5.26 Å². The molecule has 0 aliphatic carbocycles. The van der Waals surface area contributed by atoms with Crippen LogP contribution in [0, 0.1) is 32.1 Å². The van der Waals surface area contributed by atoms with Crippen LogP contribution < -0.4 is 5.32 Å². The zero-order valence-electron chi connectivity index (χ0n) is 14.1. The average Bonchev–Trinajstić information content (AvgIpc) is 2.89. The summed E-state index contributed by atoms with van der Waals surface area (Å²) in [5.74, 6) is -0.102. The molecule has 0 bridgehead atoms. The van der Waals surface area contributed by atoms with Crippen LogP contribution in [0.2, 0.25) is 0 Å². The van der Waals surface area contributed by atoms with Crippen molar-refractivity contribution in [3.8, 4) is 6.07 Å². The largest absolute Gasteiger partial charge is 0.337 e. The van der Waals surface area contributed by atoms with Gasteiger partial charge in [0, 0.05) is 22.8 Å². The Labute approximate surface area is 141 Å². The van der Waals surface area contributed by atoms with Gasteiger partial charge in [-0.3, -0.25) is 4.79 Å². The van der Waals surface area contributed by atoms with E-state index >= 15 is 0 Å². The maximum Gasteiger partial charge on any atom is 0.244 e. The summed E-state index contributed by atoms with van der Waals surface area (Å²) in [5, 5.41) is 13.1. The Morgan fingerprint density at radius 2 is 1.83 bits per heavy atom. The summed E-state index contributed by atoms with van der Waals surface area (Å²) in [6, 6.07) is 13.9. The van der Waals surface area contributed by atoms with E-state index in [1.165, 1.54) is 5.56 Å². The lowest BCUT2D eigenvalue weighted by Crippen LogP contribution is -2.19. The fraction of sp³-hybridized carbons (Fsp3) is 0.200. The molecule has 0 atom stereocenters. The van der Waals surface area contributed by atoms with E-state index in [9.17, 15) is 10.1 Å². The van der Waals surface area contributed by atoms with Crippen molar-refractivity contribution >= 4 is 22.5 Å². The van der Waals surface area contributed by atoms with Gasteiger partial charge in [0.2, 0.25) is 5.91 Å². The van der Waals surface area contributed by atoms with Crippen LogP contribution in [0.5, 0.6) is 0 Å². The number of aryl methyl sites for hydroxylation is 3. The van der Waals surface area contributed by atoms with E-state index in [0.29, 0.717) is 5.56 Å². The first-order valence-electron chi connectivity index (χ1n) is 7.85. The van der Waals surface area contributed by atoms with Gasteiger partial charge in [-0.15, -0.1) is 0 Å². The number of hydrogen-bond donors (Lipinski definition) is 1. The van der Waals surface area contributed by atoms with E-state index in [2.05, 4.69) is 23.5 Å². The first-order valence-corrected chi connectivity index (χ1v) is 7.85. The van der Waals surface area contributed by atoms with Crippen LogP contribution in [0.25, 0.3) is 10.9 Å². The molecule has 0 saturated heterocycles. The van der Waals surface area contributed by atoms with E-state index in [0.717, 1.165) is 27.7 Å². The highest BCUT2D eigenvalue weighted by atomic mass is 16.1. The first-order chi connectivity index (χ1) is 11.5. The van der Waals surface area contributed by atoms with Crippen molar-refractivity contribution in [2.24, 2.45) is 0 Å². The number of benzene rings is 2. The van der Waals surface area contributed by atoms with Gasteiger partial charge >= 0.3 is 0 Å². The molecule has 1 heterocycles. The number of carbonyl (C=O) groups excluding carboxylic acids is 1. The van der Waals surface area contributed by atoms with E-state index < -0.39 is 0 Å². The Morgan fingerprint density at radius 3 is 2.50 bits per heavy atom. The van der Waals surface area contributed by atoms with Gasteiger partial charge in [-0.1, -0.05) is 35.9 Å². The van der Waals surface area contributed by atoms with Crippen molar-refractivity contribution in [3.63, 3.8) is 0 Å². The SMILES string of the molecule is Cc1cc(C)c(NC(=O)Cn2cc(C#N)c3ccccc32)c(C)c1. The normalized spacial score (nSPS) is 10.6. The van der Waals surface area contributed by atoms with Crippen molar-refractivity contribution in [1.29, 1.82) is 5.26 Å². The number of nitriles is 1. The summed E-state index contributed by atoms with van der Waals surface area (Å²) in [5.41, 5.74) is 5.62. The molecule has 0 spiro atoms. The minimum Gasteiger partial charge on any atom is -0.337 e. The first kappa shape index (κ1) is 15.8. The van der Waals surface area contributed by atoms with Crippen LogP contribution in [0.4, 0.5) is 5.69 Å². The topological polar surface area (TPSA) is 57.8 Å². The average molecular weight is 317 g/mol. The number of carbonyl (C=O) groups is 1. The second kappa shape index (κ2) is 6.21. The van der Waals surface area contributed by atoms with Crippen molar-refractivity contribution < 1.29 is 4.79 Å². The van der Waals surface area contributed by atoms with Gasteiger partial charge in [0.05, 0.1) is 5.56 Å². The standard InChI is InChI=1S/C20H19N3O/c1-13-8-14(2)20(15(3)9-13)22-19(24)12-23-11-16(10-21)17-6-4-5-7-18(17)23/h4-9,11H,12H2,1-3H3,(H,22,24). The minimum absolute atomic E-state index is 0.102. The van der Waals surface area contributed by atoms with Crippen LogP contribution in [0.15, 0.2) is 42.6 Å². The van der Waals surface area contributed by atoms with Gasteiger partial charge in [-0.05, 0) is 38.0 Å². The van der Waals surface area contributed by atoms with Gasteiger partial charge in [0.1, 0.15) is 12.6 Å². The summed E-state index contributed by atoms with van der Waals surface area (Å²) in [6.45, 7) is 6.21. The number of rotatable bonds is 3. The van der Waals surface area contributed by atoms with E-state index in [1.54, 1.807) is 6.20 Å². The maximum atomic E-state index is 12.5. The molecule has 0 saturated carbocycles. The molecular weight excluding hydrogens is 298 g/mol. The zero-order chi connectivity index (χ0) is 17.3. The van der Waals surface area contributed by atoms with E-state index in [4.69, 9.17) is 0 Å². The highest BCUT2D eigenvalue weighted by molar-refractivity contribution is 5.94. The maximum absolute atomic E-state index is 12.5. The number of nitrogens with one attached hydrogen (secondary N) is 1. The molecule has 0 fully saturated rings. The Balaban J connectivity index is 1.88. The number of para-hydroxylation sites is 1. The molecule has 24 heavy (non-hydrogen) atoms. The molecule has 0 aliphatic heterocycles. The molecule has 0 radical (unpaired) electrons. The number of amides is 1. The summed E-state index contributed by atoms with van der Waals surface area (Å²) in [7, 11) is 0. The van der Waals surface area contributed by atoms with Gasteiger partial charge < -0.3 is 9.88 Å². The highest BCUT2D eigenvalue weighted by Gasteiger charge is 2.12. The van der Waals surface area contributed by atoms with Gasteiger partial charge in [0.25, 0.3) is 0 Å². The van der Waals surface area contributed by atoms with Crippen molar-refractivity contribution in [2.75, 3.05) is 5.32 Å². The molecule has 3 rings (SSSR count). The highest BCUT2D eigenvalue weighted by Crippen LogP contribution is 2.23. The third-order valence-corrected chi connectivity index (χ3v) is 4.16. The predicted molar refractivity (Wildman–Crippen MR) is 95.9 cm³/mol. The van der Waals surface area contributed by atoms with E-state index in [1.807, 2.05) is 49.6 Å². The van der Waals surface area contributed by atoms with Gasteiger partial charge in [-0.25, -0.2) is 0 Å². The molecule has 1 N–H and O–H groups in total. The Morgan fingerprint density at radius 1 is 1.17 bits per heavy atom. The molecule has 2 aromatic carbocycles. The van der Waals surface area contributed by atoms with Gasteiger partial charge in [0.15, 0.2) is 0 Å².